The molecule has 0 aliphatic rings. The molecular formula is C30H60FN3O5S. The molecule has 0 aromatic rings. The van der Waals surface area contributed by atoms with Crippen LogP contribution in [0, 0.1) is 12.8 Å². The van der Waals surface area contributed by atoms with Crippen molar-refractivity contribution >= 4 is 24.4 Å². The second kappa shape index (κ2) is 35.0. The van der Waals surface area contributed by atoms with E-state index in [9.17, 15) is 14.0 Å². The second-order valence-corrected chi connectivity index (χ2v) is 9.92. The van der Waals surface area contributed by atoms with Gasteiger partial charge in [0.2, 0.25) is 0 Å². The Balaban J connectivity index is -0.000000137. The summed E-state index contributed by atoms with van der Waals surface area (Å²) in [5.74, 6) is 0. The lowest BCUT2D eigenvalue weighted by molar-refractivity contribution is -0.107. The molecule has 0 aromatic heterocycles. The summed E-state index contributed by atoms with van der Waals surface area (Å²) in [4.78, 5) is 20.1. The molecule has 1 amide bonds. The van der Waals surface area contributed by atoms with Gasteiger partial charge in [-0.15, -0.1) is 12.8 Å². The predicted octanol–water partition coefficient (Wildman–Crippen LogP) is 7.17. The van der Waals surface area contributed by atoms with E-state index in [4.69, 9.17) is 13.8 Å². The maximum absolute atomic E-state index is 11.8. The molecule has 238 valence electrons. The lowest BCUT2D eigenvalue weighted by Crippen LogP contribution is -2.32. The molecule has 0 bridgehead atoms. The van der Waals surface area contributed by atoms with Crippen LogP contribution in [0.1, 0.15) is 94.9 Å². The number of carbonyl (C=O) groups excluding carboxylic acids is 2. The molecular weight excluding hydrogens is 533 g/mol. The number of rotatable bonds is 14. The third-order valence-corrected chi connectivity index (χ3v) is 4.92. The van der Waals surface area contributed by atoms with Gasteiger partial charge in [-0.3, -0.25) is 0 Å². The number of aldehydes is 1. The van der Waals surface area contributed by atoms with E-state index < -0.39 is 6.67 Å². The molecule has 0 aliphatic carbocycles. The first-order chi connectivity index (χ1) is 18.8. The van der Waals surface area contributed by atoms with Gasteiger partial charge in [-0.05, 0) is 88.2 Å². The van der Waals surface area contributed by atoms with Crippen LogP contribution in [0.5, 0.6) is 0 Å². The SMILES string of the molecule is C#C.C/C=C/OC(C)(CC)CCNC.CCCC=O.CCNC(=O)OC(C)(C)C.CSONC(C)/C(C)=C/CF. The summed E-state index contributed by atoms with van der Waals surface area (Å²) in [6.45, 7) is 20.6. The highest BCUT2D eigenvalue weighted by atomic mass is 32.2. The minimum atomic E-state index is -0.420. The summed E-state index contributed by atoms with van der Waals surface area (Å²) in [6, 6.07) is 0.0678. The van der Waals surface area contributed by atoms with Gasteiger partial charge in [0.1, 0.15) is 24.2 Å². The first-order valence-corrected chi connectivity index (χ1v) is 14.8. The number of unbranched alkanes of at least 4 members (excludes halogenated alkanes) is 1. The van der Waals surface area contributed by atoms with Gasteiger partial charge in [-0.2, -0.15) is 5.48 Å². The molecule has 0 saturated carbocycles. The number of nitrogens with one attached hydrogen (secondary N) is 3. The van der Waals surface area contributed by atoms with E-state index in [0.29, 0.717) is 13.0 Å². The molecule has 0 radical (unpaired) electrons. The average Bonchev–Trinajstić information content (AvgIpc) is 2.91. The van der Waals surface area contributed by atoms with Crippen LogP contribution >= 0.6 is 12.0 Å². The maximum Gasteiger partial charge on any atom is 0.407 e. The van der Waals surface area contributed by atoms with Crippen LogP contribution in [0.15, 0.2) is 24.0 Å². The summed E-state index contributed by atoms with van der Waals surface area (Å²) < 4.78 is 27.2. The van der Waals surface area contributed by atoms with Crippen molar-refractivity contribution in [3.05, 3.63) is 24.0 Å². The Kier molecular flexibility index (Phi) is 41.7. The van der Waals surface area contributed by atoms with Crippen molar-refractivity contribution in [1.29, 1.82) is 0 Å². The van der Waals surface area contributed by atoms with Gasteiger partial charge in [0, 0.05) is 31.3 Å². The van der Waals surface area contributed by atoms with Crippen molar-refractivity contribution in [2.45, 2.75) is 112 Å². The number of alkyl carbamates (subject to hydrolysis) is 1. The summed E-state index contributed by atoms with van der Waals surface area (Å²) in [5.41, 5.74) is 3.30. The Morgan fingerprint density at radius 3 is 2.05 bits per heavy atom. The second-order valence-electron chi connectivity index (χ2n) is 9.42. The molecule has 2 unspecified atom stereocenters. The predicted molar refractivity (Wildman–Crippen MR) is 171 cm³/mol. The van der Waals surface area contributed by atoms with E-state index in [1.807, 2.05) is 74.8 Å². The number of alkyl halides is 1. The lowest BCUT2D eigenvalue weighted by Gasteiger charge is -2.27. The summed E-state index contributed by atoms with van der Waals surface area (Å²) in [5, 5.41) is 5.67. The summed E-state index contributed by atoms with van der Waals surface area (Å²) >= 11 is 1.23. The van der Waals surface area contributed by atoms with Crippen molar-refractivity contribution in [2.24, 2.45) is 0 Å². The first kappa shape index (κ1) is 47.7. The van der Waals surface area contributed by atoms with Crippen LogP contribution in [0.3, 0.4) is 0 Å². The zero-order valence-electron chi connectivity index (χ0n) is 27.3. The molecule has 3 N–H and O–H groups in total. The molecule has 0 fully saturated rings. The van der Waals surface area contributed by atoms with Crippen molar-refractivity contribution in [3.63, 3.8) is 0 Å². The van der Waals surface area contributed by atoms with Gasteiger partial charge in [-0.1, -0.05) is 31.6 Å². The molecule has 10 heteroatoms. The lowest BCUT2D eigenvalue weighted by atomic mass is 9.99. The molecule has 40 heavy (non-hydrogen) atoms. The van der Waals surface area contributed by atoms with Crippen LogP contribution in [0.4, 0.5) is 9.18 Å². The molecule has 0 heterocycles. The number of carbonyl (C=O) groups is 2. The van der Waals surface area contributed by atoms with Gasteiger partial charge in [0.15, 0.2) is 0 Å². The van der Waals surface area contributed by atoms with Crippen molar-refractivity contribution in [1.82, 2.24) is 16.1 Å². The quantitative estimate of drug-likeness (QED) is 0.0487. The number of ether oxygens (including phenoxy) is 2. The maximum atomic E-state index is 11.8. The standard InChI is InChI=1S/C10H21NO.C7H14FNOS.C7H15NO2.C4H8O.C2H2/c1-5-9-12-10(3,6-2)7-8-11-4;1-6(4-5-8)7(2)9-10-11-3;1-5-8-6(9)10-7(2,3)4;1-2-3-4-5;1-2/h5,9,11H,6-8H2,1-4H3;4,7,9H,5H2,1-3H3;5H2,1-4H3,(H,8,9);4H,2-3H2,1H3;1-2H/b9-5+;6-4+;;;. The Bertz CT molecular complexity index is 641. The highest BCUT2D eigenvalue weighted by molar-refractivity contribution is 7.93. The van der Waals surface area contributed by atoms with Crippen LogP contribution in [-0.4, -0.2) is 62.7 Å². The van der Waals surface area contributed by atoms with Crippen molar-refractivity contribution in [2.75, 3.05) is 33.1 Å². The molecule has 0 rings (SSSR count). The fourth-order valence-electron chi connectivity index (χ4n) is 2.03. The number of halogens is 1. The Hall–Kier alpha value is -2.06. The van der Waals surface area contributed by atoms with Gasteiger partial charge in [0.05, 0.1) is 12.3 Å². The molecule has 0 aromatic carbocycles. The van der Waals surface area contributed by atoms with E-state index in [-0.39, 0.29) is 23.3 Å². The highest BCUT2D eigenvalue weighted by Crippen LogP contribution is 2.19. The number of terminal acetylenes is 1. The van der Waals surface area contributed by atoms with E-state index in [2.05, 4.69) is 42.8 Å². The van der Waals surface area contributed by atoms with Crippen molar-refractivity contribution < 1.29 is 27.7 Å². The Labute approximate surface area is 250 Å². The smallest absolute Gasteiger partial charge is 0.407 e. The number of hydroxylamine groups is 1. The highest BCUT2D eigenvalue weighted by Gasteiger charge is 2.21. The van der Waals surface area contributed by atoms with E-state index in [0.717, 1.165) is 37.7 Å². The topological polar surface area (TPSA) is 97.9 Å². The van der Waals surface area contributed by atoms with Crippen LogP contribution in [0.2, 0.25) is 0 Å². The van der Waals surface area contributed by atoms with E-state index in [1.165, 1.54) is 18.1 Å². The third kappa shape index (κ3) is 43.0. The van der Waals surface area contributed by atoms with Crippen LogP contribution in [0.25, 0.3) is 0 Å². The minimum Gasteiger partial charge on any atom is -0.495 e. The van der Waals surface area contributed by atoms with Gasteiger partial charge < -0.3 is 24.9 Å². The van der Waals surface area contributed by atoms with Gasteiger partial charge in [-0.25, -0.2) is 13.5 Å². The summed E-state index contributed by atoms with van der Waals surface area (Å²) in [7, 11) is 1.96. The third-order valence-electron chi connectivity index (χ3n) is 4.66. The van der Waals surface area contributed by atoms with Crippen LogP contribution < -0.4 is 16.1 Å². The van der Waals surface area contributed by atoms with E-state index >= 15 is 0 Å². The van der Waals surface area contributed by atoms with Crippen molar-refractivity contribution in [3.8, 4) is 12.8 Å². The van der Waals surface area contributed by atoms with Crippen LogP contribution in [-0.2, 0) is 18.6 Å². The number of amides is 1. The minimum absolute atomic E-state index is 0.00444. The molecule has 2 atom stereocenters. The van der Waals surface area contributed by atoms with Gasteiger partial charge >= 0.3 is 6.09 Å². The fraction of sp³-hybridized carbons (Fsp3) is 0.733. The zero-order valence-corrected chi connectivity index (χ0v) is 28.1. The average molecular weight is 594 g/mol. The number of hydrogen-bond acceptors (Lipinski definition) is 8. The molecule has 8 nitrogen and oxygen atoms in total. The molecule has 0 aliphatic heterocycles. The normalized spacial score (nSPS) is 12.7. The number of allylic oxidation sites excluding steroid dienone is 2. The number of hydrogen-bond donors (Lipinski definition) is 3. The Morgan fingerprint density at radius 1 is 1.15 bits per heavy atom. The zero-order chi connectivity index (χ0) is 32.5. The largest absolute Gasteiger partial charge is 0.495 e. The first-order valence-electron chi connectivity index (χ1n) is 13.6. The Morgan fingerprint density at radius 2 is 1.73 bits per heavy atom. The van der Waals surface area contributed by atoms with E-state index in [1.54, 1.807) is 6.26 Å². The van der Waals surface area contributed by atoms with Gasteiger partial charge in [0.25, 0.3) is 0 Å². The molecule has 0 saturated heterocycles. The fourth-order valence-corrected chi connectivity index (χ4v) is 2.27. The summed E-state index contributed by atoms with van der Waals surface area (Å²) in [6.07, 6.45) is 19.4. The monoisotopic (exact) mass is 593 g/mol. The molecule has 0 spiro atoms.